The van der Waals surface area contributed by atoms with Crippen molar-refractivity contribution in [2.24, 2.45) is 0 Å². The number of nitrogens with two attached hydrogens (primary N) is 4. The minimum Gasteiger partial charge on any atom is -0.693 e. The molecule has 0 radical (unpaired) electrons. The van der Waals surface area contributed by atoms with E-state index in [-0.39, 0.29) is 45.7 Å². The maximum atomic E-state index is 8.89. The van der Waals surface area contributed by atoms with Crippen LogP contribution in [-0.4, -0.2) is 5.97 Å². The summed E-state index contributed by atoms with van der Waals surface area (Å²) in [6.45, 7) is 0.972. The van der Waals surface area contributed by atoms with E-state index >= 15 is 0 Å². The summed E-state index contributed by atoms with van der Waals surface area (Å²) in [6, 6.07) is 0. The van der Waals surface area contributed by atoms with E-state index in [1.807, 2.05) is 0 Å². The van der Waals surface area contributed by atoms with Crippen LogP contribution in [0.25, 0.3) is 24.6 Å². The van der Waals surface area contributed by atoms with Crippen molar-refractivity contribution in [3.63, 3.8) is 0 Å². The number of carboxylic acids is 1. The molecule has 0 aromatic rings. The average Bonchev–Trinajstić information content (AvgIpc) is 0.811. The molecule has 0 saturated heterocycles. The van der Waals surface area contributed by atoms with Gasteiger partial charge in [-0.25, -0.2) is 0 Å². The van der Waals surface area contributed by atoms with Gasteiger partial charge in [0.05, 0.1) is 0 Å². The SMILES string of the molecule is CC(=O)[O-].[NH2-].[NH2-].[NH2-].[NH2-].[Pt+2]. The Morgan fingerprint density at radius 3 is 1.11 bits per heavy atom. The first kappa shape index (κ1) is 64.0. The molecule has 0 spiro atoms. The maximum Gasteiger partial charge on any atom is 2.00 e. The largest absolute Gasteiger partial charge is 2.00 e. The summed E-state index contributed by atoms with van der Waals surface area (Å²) < 4.78 is 0. The van der Waals surface area contributed by atoms with Gasteiger partial charge in [-0.2, -0.15) is 0 Å². The number of carbonyl (C=O) groups is 1. The molecular weight excluding hydrogens is 307 g/mol. The molecule has 64 valence electrons. The standard InChI is InChI=1S/C2H4O2.4H2N.Pt/c1-2(3)4;;;;;/h1H3,(H,3,4);4*1H2;/q;4*-1;+2/p-1. The first-order valence-electron chi connectivity index (χ1n) is 0.908. The Hall–Kier alpha value is -0.00169. The summed E-state index contributed by atoms with van der Waals surface area (Å²) in [5.41, 5.74) is 0. The van der Waals surface area contributed by atoms with Crippen LogP contribution in [0.15, 0.2) is 0 Å². The molecule has 0 bridgehead atoms. The fraction of sp³-hybridized carbons (Fsp3) is 0.500. The van der Waals surface area contributed by atoms with Crippen LogP contribution in [-0.2, 0) is 25.9 Å². The number of hydrogen-bond acceptors (Lipinski definition) is 2. The Morgan fingerprint density at radius 1 is 1.11 bits per heavy atom. The van der Waals surface area contributed by atoms with E-state index < -0.39 is 5.97 Å². The van der Waals surface area contributed by atoms with Crippen LogP contribution in [0, 0.1) is 0 Å². The van der Waals surface area contributed by atoms with Gasteiger partial charge in [0.1, 0.15) is 0 Å². The van der Waals surface area contributed by atoms with Gasteiger partial charge in [0.15, 0.2) is 0 Å². The van der Waals surface area contributed by atoms with E-state index in [0.29, 0.717) is 0 Å². The van der Waals surface area contributed by atoms with Gasteiger partial charge in [0.2, 0.25) is 0 Å². The van der Waals surface area contributed by atoms with E-state index in [1.54, 1.807) is 0 Å². The molecule has 6 nitrogen and oxygen atoms in total. The summed E-state index contributed by atoms with van der Waals surface area (Å²) in [4.78, 5) is 8.89. The van der Waals surface area contributed by atoms with Crippen LogP contribution in [0.4, 0.5) is 0 Å². The van der Waals surface area contributed by atoms with Crippen molar-refractivity contribution in [1.82, 2.24) is 0 Å². The van der Waals surface area contributed by atoms with E-state index in [2.05, 4.69) is 0 Å². The number of aliphatic carboxylic acids is 1. The molecule has 0 amide bonds. The van der Waals surface area contributed by atoms with Crippen LogP contribution >= 0.6 is 0 Å². The van der Waals surface area contributed by atoms with Crippen LogP contribution in [0.5, 0.6) is 0 Å². The van der Waals surface area contributed by atoms with Gasteiger partial charge in [-0.1, -0.05) is 0 Å². The van der Waals surface area contributed by atoms with E-state index in [0.717, 1.165) is 6.92 Å². The van der Waals surface area contributed by atoms with Gasteiger partial charge in [-0.3, -0.25) is 0 Å². The zero-order chi connectivity index (χ0) is 3.58. The Kier molecular flexibility index (Phi) is 310. The van der Waals surface area contributed by atoms with Crippen molar-refractivity contribution in [1.29, 1.82) is 0 Å². The minimum atomic E-state index is -1.08. The molecule has 0 rings (SSSR count). The first-order chi connectivity index (χ1) is 1.73. The summed E-state index contributed by atoms with van der Waals surface area (Å²) in [7, 11) is 0. The molecule has 0 saturated carbocycles. The van der Waals surface area contributed by atoms with E-state index in [1.165, 1.54) is 0 Å². The van der Waals surface area contributed by atoms with Crippen molar-refractivity contribution in [3.8, 4) is 0 Å². The molecule has 8 N–H and O–H groups in total. The number of carbonyl (C=O) groups excluding carboxylic acids is 1. The molecule has 0 fully saturated rings. The third-order valence-electron chi connectivity index (χ3n) is 0. The summed E-state index contributed by atoms with van der Waals surface area (Å²) in [5, 5.41) is 8.89. The van der Waals surface area contributed by atoms with Gasteiger partial charge >= 0.3 is 21.1 Å². The van der Waals surface area contributed by atoms with Crippen LogP contribution in [0.2, 0.25) is 0 Å². The fourth-order valence-corrected chi connectivity index (χ4v) is 0. The molecule has 0 aromatic heterocycles. The monoisotopic (exact) mass is 318 g/mol. The van der Waals surface area contributed by atoms with Gasteiger partial charge < -0.3 is 34.5 Å². The maximum absolute atomic E-state index is 8.89. The number of carboxylic acid groups (broad SMARTS) is 1. The van der Waals surface area contributed by atoms with Crippen molar-refractivity contribution in [2.45, 2.75) is 6.92 Å². The normalized spacial score (nSPS) is 2.78. The first-order valence-corrected chi connectivity index (χ1v) is 0.908. The molecule has 0 atom stereocenters. The van der Waals surface area contributed by atoms with Crippen LogP contribution in [0.1, 0.15) is 6.92 Å². The average molecular weight is 318 g/mol. The third kappa shape index (κ3) is 101000000. The predicted octanol–water partition coefficient (Wildman–Crippen LogP) is 1.62. The Morgan fingerprint density at radius 2 is 1.11 bits per heavy atom. The quantitative estimate of drug-likeness (QED) is 0.660. The molecule has 7 heteroatoms. The molecule has 0 heterocycles. The van der Waals surface area contributed by atoms with Gasteiger partial charge in [-0.05, 0) is 6.92 Å². The summed E-state index contributed by atoms with van der Waals surface area (Å²) in [6.07, 6.45) is 0. The van der Waals surface area contributed by atoms with Crippen molar-refractivity contribution >= 4 is 5.97 Å². The smallest absolute Gasteiger partial charge is 0.693 e. The molecule has 9 heavy (non-hydrogen) atoms. The van der Waals surface area contributed by atoms with Crippen molar-refractivity contribution in [3.05, 3.63) is 24.6 Å². The summed E-state index contributed by atoms with van der Waals surface area (Å²) in [5.74, 6) is -1.08. The zero-order valence-corrected chi connectivity index (χ0v) is 7.21. The second-order valence-electron chi connectivity index (χ2n) is 0.492. The van der Waals surface area contributed by atoms with E-state index in [4.69, 9.17) is 9.90 Å². The molecule has 0 aromatic carbocycles. The molecule has 0 aliphatic heterocycles. The Balaban J connectivity index is -0.00000000450. The second kappa shape index (κ2) is 43.6. The van der Waals surface area contributed by atoms with Gasteiger partial charge in [0, 0.05) is 5.97 Å². The fourth-order valence-electron chi connectivity index (χ4n) is 0. The third-order valence-corrected chi connectivity index (χ3v) is 0. The van der Waals surface area contributed by atoms with Gasteiger partial charge in [0.25, 0.3) is 0 Å². The van der Waals surface area contributed by atoms with Crippen LogP contribution < -0.4 is 5.11 Å². The zero-order valence-electron chi connectivity index (χ0n) is 4.94. The Bertz CT molecular complexity index is 39.5. The molecular formula is C2H11N4O2Pt-3. The van der Waals surface area contributed by atoms with Crippen LogP contribution in [0.3, 0.4) is 0 Å². The van der Waals surface area contributed by atoms with E-state index in [9.17, 15) is 0 Å². The molecule has 0 aliphatic rings. The van der Waals surface area contributed by atoms with Crippen molar-refractivity contribution in [2.75, 3.05) is 0 Å². The Labute approximate surface area is 69.0 Å². The summed E-state index contributed by atoms with van der Waals surface area (Å²) >= 11 is 0. The second-order valence-corrected chi connectivity index (χ2v) is 0.492. The molecule has 0 unspecified atom stereocenters. The predicted molar refractivity (Wildman–Crippen MR) is 31.8 cm³/mol. The number of hydrogen-bond donors (Lipinski definition) is 0. The minimum absolute atomic E-state index is 0. The van der Waals surface area contributed by atoms with Gasteiger partial charge in [-0.15, -0.1) is 0 Å². The topological polar surface area (TPSA) is 174 Å². The molecule has 0 aliphatic carbocycles. The number of rotatable bonds is 0. The van der Waals surface area contributed by atoms with Crippen molar-refractivity contribution < 1.29 is 31.0 Å².